The summed E-state index contributed by atoms with van der Waals surface area (Å²) in [6.07, 6.45) is 2.95. The van der Waals surface area contributed by atoms with Gasteiger partial charge >= 0.3 is 0 Å². The van der Waals surface area contributed by atoms with Gasteiger partial charge in [0.15, 0.2) is 0 Å². The van der Waals surface area contributed by atoms with Gasteiger partial charge in [-0.15, -0.1) is 10.2 Å². The normalized spacial score (nSPS) is 17.9. The van der Waals surface area contributed by atoms with E-state index in [1.807, 2.05) is 4.90 Å². The molecular weight excluding hydrogens is 321 g/mol. The van der Waals surface area contributed by atoms with Crippen LogP contribution >= 0.6 is 0 Å². The summed E-state index contributed by atoms with van der Waals surface area (Å²) < 4.78 is 18.8. The molecule has 0 aliphatic carbocycles. The monoisotopic (exact) mass is 345 g/mol. The van der Waals surface area contributed by atoms with Crippen molar-refractivity contribution >= 4 is 5.91 Å². The highest BCUT2D eigenvalue weighted by Crippen LogP contribution is 2.27. The molecule has 0 radical (unpaired) electrons. The second-order valence-electron chi connectivity index (χ2n) is 7.11. The molecule has 6 heteroatoms. The minimum atomic E-state index is -0.261. The van der Waals surface area contributed by atoms with Crippen LogP contribution in [0.2, 0.25) is 0 Å². The van der Waals surface area contributed by atoms with Crippen molar-refractivity contribution in [2.45, 2.75) is 45.4 Å². The van der Waals surface area contributed by atoms with Crippen LogP contribution in [0.25, 0.3) is 0 Å². The number of nitrogens with zero attached hydrogens (tertiary/aromatic N) is 3. The lowest BCUT2D eigenvalue weighted by Crippen LogP contribution is -2.39. The van der Waals surface area contributed by atoms with Gasteiger partial charge in [0.1, 0.15) is 5.82 Å². The van der Waals surface area contributed by atoms with E-state index in [9.17, 15) is 9.18 Å². The van der Waals surface area contributed by atoms with Crippen LogP contribution in [0.1, 0.15) is 56.4 Å². The van der Waals surface area contributed by atoms with E-state index in [0.717, 1.165) is 24.9 Å². The van der Waals surface area contributed by atoms with Crippen LogP contribution in [0.5, 0.6) is 0 Å². The van der Waals surface area contributed by atoms with E-state index in [4.69, 9.17) is 4.42 Å². The van der Waals surface area contributed by atoms with Gasteiger partial charge in [0.2, 0.25) is 17.7 Å². The number of piperidine rings is 1. The molecule has 0 spiro atoms. The van der Waals surface area contributed by atoms with E-state index in [1.165, 1.54) is 12.1 Å². The van der Waals surface area contributed by atoms with E-state index in [-0.39, 0.29) is 17.6 Å². The van der Waals surface area contributed by atoms with Gasteiger partial charge in [0, 0.05) is 19.5 Å². The van der Waals surface area contributed by atoms with Crippen LogP contribution in [0.3, 0.4) is 0 Å². The van der Waals surface area contributed by atoms with E-state index in [0.29, 0.717) is 37.1 Å². The Hall–Kier alpha value is -2.24. The molecule has 134 valence electrons. The molecule has 1 aromatic carbocycles. The fraction of sp³-hybridized carbons (Fsp3) is 0.526. The van der Waals surface area contributed by atoms with Crippen molar-refractivity contribution in [2.24, 2.45) is 5.92 Å². The quantitative estimate of drug-likeness (QED) is 0.831. The van der Waals surface area contributed by atoms with Crippen molar-refractivity contribution < 1.29 is 13.6 Å². The maximum absolute atomic E-state index is 13.0. The molecule has 0 saturated carbocycles. The largest absolute Gasteiger partial charge is 0.425 e. The Bertz CT molecular complexity index is 712. The lowest BCUT2D eigenvalue weighted by Gasteiger charge is -2.31. The van der Waals surface area contributed by atoms with Crippen molar-refractivity contribution in [3.8, 4) is 0 Å². The van der Waals surface area contributed by atoms with E-state index < -0.39 is 0 Å². The fourth-order valence-electron chi connectivity index (χ4n) is 3.16. The number of hydrogen-bond acceptors (Lipinski definition) is 4. The van der Waals surface area contributed by atoms with E-state index in [2.05, 4.69) is 24.0 Å². The van der Waals surface area contributed by atoms with Crippen LogP contribution in [0.4, 0.5) is 4.39 Å². The minimum absolute atomic E-state index is 0.0966. The summed E-state index contributed by atoms with van der Waals surface area (Å²) in [5.41, 5.74) is 0.925. The van der Waals surface area contributed by atoms with Crippen molar-refractivity contribution in [1.29, 1.82) is 0 Å². The highest BCUT2D eigenvalue weighted by Gasteiger charge is 2.28. The van der Waals surface area contributed by atoms with Gasteiger partial charge in [-0.3, -0.25) is 4.79 Å². The first-order valence-corrected chi connectivity index (χ1v) is 8.85. The van der Waals surface area contributed by atoms with Gasteiger partial charge in [-0.25, -0.2) is 4.39 Å². The lowest BCUT2D eigenvalue weighted by atomic mass is 9.97. The molecule has 1 atom stereocenters. The highest BCUT2D eigenvalue weighted by molar-refractivity contribution is 5.76. The Morgan fingerprint density at radius 2 is 2.08 bits per heavy atom. The molecule has 1 saturated heterocycles. The zero-order valence-corrected chi connectivity index (χ0v) is 14.7. The molecule has 1 amide bonds. The first kappa shape index (κ1) is 17.6. The second-order valence-corrected chi connectivity index (χ2v) is 7.11. The summed E-state index contributed by atoms with van der Waals surface area (Å²) in [6.45, 7) is 5.56. The molecule has 0 N–H and O–H groups in total. The Labute approximate surface area is 147 Å². The van der Waals surface area contributed by atoms with Crippen LogP contribution in [-0.2, 0) is 11.2 Å². The van der Waals surface area contributed by atoms with Crippen molar-refractivity contribution in [1.82, 2.24) is 15.1 Å². The van der Waals surface area contributed by atoms with Gasteiger partial charge in [0.05, 0.1) is 12.3 Å². The van der Waals surface area contributed by atoms with Gasteiger partial charge < -0.3 is 9.32 Å². The number of aromatic nitrogens is 2. The van der Waals surface area contributed by atoms with Crippen LogP contribution < -0.4 is 0 Å². The van der Waals surface area contributed by atoms with Crippen LogP contribution in [0.15, 0.2) is 28.7 Å². The number of amides is 1. The smallest absolute Gasteiger partial charge is 0.222 e. The summed E-state index contributed by atoms with van der Waals surface area (Å²) in [6, 6.07) is 6.27. The maximum Gasteiger partial charge on any atom is 0.222 e. The summed E-state index contributed by atoms with van der Waals surface area (Å²) in [5.74, 6) is 1.51. The number of carbonyl (C=O) groups excluding carboxylic acids is 1. The predicted molar refractivity (Wildman–Crippen MR) is 91.5 cm³/mol. The maximum atomic E-state index is 13.0. The molecule has 2 heterocycles. The lowest BCUT2D eigenvalue weighted by molar-refractivity contribution is -0.133. The molecule has 3 rings (SSSR count). The summed E-state index contributed by atoms with van der Waals surface area (Å²) >= 11 is 0. The SMILES string of the molecule is CC(C)CC(=O)N1CCCC(c2nnc(Cc3ccc(F)cc3)o2)C1. The van der Waals surface area contributed by atoms with E-state index in [1.54, 1.807) is 12.1 Å². The zero-order chi connectivity index (χ0) is 17.8. The summed E-state index contributed by atoms with van der Waals surface area (Å²) in [7, 11) is 0. The molecule has 1 aliphatic heterocycles. The molecule has 1 aliphatic rings. The predicted octanol–water partition coefficient (Wildman–Crippen LogP) is 3.55. The molecule has 1 fully saturated rings. The van der Waals surface area contributed by atoms with Crippen molar-refractivity contribution in [3.05, 3.63) is 47.4 Å². The first-order chi connectivity index (χ1) is 12.0. The summed E-state index contributed by atoms with van der Waals surface area (Å²) in [5, 5.41) is 8.29. The number of hydrogen-bond donors (Lipinski definition) is 0. The van der Waals surface area contributed by atoms with Gasteiger partial charge in [-0.05, 0) is 36.5 Å². The molecule has 2 aromatic rings. The number of benzene rings is 1. The molecule has 5 nitrogen and oxygen atoms in total. The number of likely N-dealkylation sites (tertiary alicyclic amines) is 1. The summed E-state index contributed by atoms with van der Waals surface area (Å²) in [4.78, 5) is 14.2. The molecule has 25 heavy (non-hydrogen) atoms. The first-order valence-electron chi connectivity index (χ1n) is 8.85. The molecule has 1 unspecified atom stereocenters. The molecular formula is C19H24FN3O2. The zero-order valence-electron chi connectivity index (χ0n) is 14.7. The number of halogens is 1. The number of carbonyl (C=O) groups is 1. The molecule has 1 aromatic heterocycles. The Kier molecular flexibility index (Phi) is 5.46. The Morgan fingerprint density at radius 3 is 2.80 bits per heavy atom. The third kappa shape index (κ3) is 4.65. The average Bonchev–Trinajstić information content (AvgIpc) is 3.05. The Balaban J connectivity index is 1.63. The standard InChI is InChI=1S/C19H24FN3O2/c1-13(2)10-18(24)23-9-3-4-15(12-23)19-22-21-17(25-19)11-14-5-7-16(20)8-6-14/h5-8,13,15H,3-4,9-12H2,1-2H3. The average molecular weight is 345 g/mol. The fourth-order valence-corrected chi connectivity index (χ4v) is 3.16. The van der Waals surface area contributed by atoms with Crippen molar-refractivity contribution in [2.75, 3.05) is 13.1 Å². The van der Waals surface area contributed by atoms with E-state index >= 15 is 0 Å². The van der Waals surface area contributed by atoms with Crippen molar-refractivity contribution in [3.63, 3.8) is 0 Å². The number of rotatable bonds is 5. The van der Waals surface area contributed by atoms with Gasteiger partial charge in [-0.1, -0.05) is 26.0 Å². The van der Waals surface area contributed by atoms with Gasteiger partial charge in [0.25, 0.3) is 0 Å². The van der Waals surface area contributed by atoms with Gasteiger partial charge in [-0.2, -0.15) is 0 Å². The minimum Gasteiger partial charge on any atom is -0.425 e. The van der Waals surface area contributed by atoms with Crippen LogP contribution in [0, 0.1) is 11.7 Å². The second kappa shape index (κ2) is 7.76. The third-order valence-corrected chi connectivity index (χ3v) is 4.46. The Morgan fingerprint density at radius 1 is 1.32 bits per heavy atom. The third-order valence-electron chi connectivity index (χ3n) is 4.46. The molecule has 0 bridgehead atoms. The topological polar surface area (TPSA) is 59.2 Å². The highest BCUT2D eigenvalue weighted by atomic mass is 19.1. The van der Waals surface area contributed by atoms with Crippen LogP contribution in [-0.4, -0.2) is 34.1 Å².